The van der Waals surface area contributed by atoms with E-state index in [0.717, 1.165) is 5.56 Å². The van der Waals surface area contributed by atoms with Gasteiger partial charge in [0.15, 0.2) is 0 Å². The number of hydrogen-bond acceptors (Lipinski definition) is 5. The van der Waals surface area contributed by atoms with Crippen molar-refractivity contribution < 1.29 is 18.0 Å². The molecule has 0 radical (unpaired) electrons. The highest BCUT2D eigenvalue weighted by Crippen LogP contribution is 2.23. The van der Waals surface area contributed by atoms with E-state index in [2.05, 4.69) is 15.4 Å². The van der Waals surface area contributed by atoms with Gasteiger partial charge in [-0.25, -0.2) is 4.98 Å². The van der Waals surface area contributed by atoms with Crippen LogP contribution in [-0.4, -0.2) is 57.4 Å². The number of nitrogens with one attached hydrogen (secondary N) is 1. The fraction of sp³-hybridized carbons (Fsp3) is 0.533. The average Bonchev–Trinajstić information content (AvgIpc) is 3.14. The Morgan fingerprint density at radius 1 is 1.48 bits per heavy atom. The molecule has 1 aliphatic rings. The first-order valence-corrected chi connectivity index (χ1v) is 8.72. The van der Waals surface area contributed by atoms with Crippen molar-refractivity contribution in [3.63, 3.8) is 0 Å². The second kappa shape index (κ2) is 7.12. The summed E-state index contributed by atoms with van der Waals surface area (Å²) in [7, 11) is 1.79. The predicted octanol–water partition coefficient (Wildman–Crippen LogP) is 2.30. The molecular weight excluding hydrogens is 355 g/mol. The highest BCUT2D eigenvalue weighted by atomic mass is 32.1. The molecule has 2 aromatic rings. The molecule has 3 rings (SSSR count). The number of halogens is 3. The number of thiazole rings is 1. The smallest absolute Gasteiger partial charge is 0.347 e. The summed E-state index contributed by atoms with van der Waals surface area (Å²) in [5.74, 6) is -0.356. The molecule has 1 saturated heterocycles. The maximum absolute atomic E-state index is 12.5. The molecule has 0 saturated carbocycles. The lowest BCUT2D eigenvalue weighted by atomic mass is 10.1. The number of alkyl halides is 3. The molecule has 10 heteroatoms. The molecule has 0 aliphatic carbocycles. The quantitative estimate of drug-likeness (QED) is 0.893. The summed E-state index contributed by atoms with van der Waals surface area (Å²) in [5, 5.41) is 9.19. The van der Waals surface area contributed by atoms with Crippen molar-refractivity contribution in [3.8, 4) is 10.6 Å². The van der Waals surface area contributed by atoms with Gasteiger partial charge in [0.2, 0.25) is 0 Å². The molecular formula is C15H18F3N5OS. The van der Waals surface area contributed by atoms with Crippen LogP contribution in [0, 0.1) is 0 Å². The Hall–Kier alpha value is -1.94. The van der Waals surface area contributed by atoms with Gasteiger partial charge >= 0.3 is 6.18 Å². The van der Waals surface area contributed by atoms with Gasteiger partial charge in [-0.05, 0) is 19.4 Å². The molecule has 3 heterocycles. The average molecular weight is 373 g/mol. The Balaban J connectivity index is 1.59. The van der Waals surface area contributed by atoms with Crippen LogP contribution in [0.3, 0.4) is 0 Å². The zero-order chi connectivity index (χ0) is 18.0. The van der Waals surface area contributed by atoms with Crippen molar-refractivity contribution in [1.29, 1.82) is 0 Å². The number of carbonyl (C=O) groups excluding carboxylic acids is 1. The third kappa shape index (κ3) is 4.79. The number of aryl methyl sites for hydroxylation is 1. The number of nitrogens with zero attached hydrogens (tertiary/aromatic N) is 4. The SMILES string of the molecule is Cn1cc(-c2nc(C(=O)NC3CCCN(CC(F)(F)F)C3)cs2)cn1. The van der Waals surface area contributed by atoms with Gasteiger partial charge in [0.05, 0.1) is 12.7 Å². The Bertz CT molecular complexity index is 742. The maximum atomic E-state index is 12.5. The maximum Gasteiger partial charge on any atom is 0.401 e. The third-order valence-corrected chi connectivity index (χ3v) is 4.82. The third-order valence-electron chi connectivity index (χ3n) is 3.93. The summed E-state index contributed by atoms with van der Waals surface area (Å²) < 4.78 is 39.2. The Morgan fingerprint density at radius 3 is 2.96 bits per heavy atom. The van der Waals surface area contributed by atoms with E-state index in [1.54, 1.807) is 29.5 Å². The van der Waals surface area contributed by atoms with Crippen LogP contribution in [0.25, 0.3) is 10.6 Å². The standard InChI is InChI=1S/C15H18F3N5OS/c1-22-6-10(5-19-22)14-21-12(8-25-14)13(24)20-11-3-2-4-23(7-11)9-15(16,17)18/h5-6,8,11H,2-4,7,9H2,1H3,(H,20,24). The summed E-state index contributed by atoms with van der Waals surface area (Å²) in [6.07, 6.45) is 0.533. The Kier molecular flexibility index (Phi) is 5.09. The summed E-state index contributed by atoms with van der Waals surface area (Å²) in [4.78, 5) is 18.0. The van der Waals surface area contributed by atoms with Crippen molar-refractivity contribution in [1.82, 2.24) is 25.0 Å². The fourth-order valence-corrected chi connectivity index (χ4v) is 3.65. The lowest BCUT2D eigenvalue weighted by Crippen LogP contribution is -2.50. The lowest BCUT2D eigenvalue weighted by Gasteiger charge is -2.33. The van der Waals surface area contributed by atoms with Crippen LogP contribution in [0.4, 0.5) is 13.2 Å². The van der Waals surface area contributed by atoms with Gasteiger partial charge in [-0.15, -0.1) is 11.3 Å². The molecule has 2 aromatic heterocycles. The highest BCUT2D eigenvalue weighted by molar-refractivity contribution is 7.13. The van der Waals surface area contributed by atoms with Gasteiger partial charge in [-0.1, -0.05) is 0 Å². The highest BCUT2D eigenvalue weighted by Gasteiger charge is 2.33. The van der Waals surface area contributed by atoms with Crippen LogP contribution >= 0.6 is 11.3 Å². The minimum absolute atomic E-state index is 0.199. The summed E-state index contributed by atoms with van der Waals surface area (Å²) >= 11 is 1.33. The monoisotopic (exact) mass is 373 g/mol. The van der Waals surface area contributed by atoms with Crippen LogP contribution in [-0.2, 0) is 7.05 Å². The predicted molar refractivity (Wildman–Crippen MR) is 87.3 cm³/mol. The van der Waals surface area contributed by atoms with E-state index in [0.29, 0.717) is 24.4 Å². The van der Waals surface area contributed by atoms with Crippen LogP contribution in [0.5, 0.6) is 0 Å². The van der Waals surface area contributed by atoms with Crippen molar-refractivity contribution in [2.75, 3.05) is 19.6 Å². The van der Waals surface area contributed by atoms with Crippen molar-refractivity contribution in [2.45, 2.75) is 25.1 Å². The fourth-order valence-electron chi connectivity index (χ4n) is 2.87. The molecule has 25 heavy (non-hydrogen) atoms. The van der Waals surface area contributed by atoms with Crippen molar-refractivity contribution in [3.05, 3.63) is 23.5 Å². The van der Waals surface area contributed by atoms with E-state index in [-0.39, 0.29) is 24.2 Å². The van der Waals surface area contributed by atoms with E-state index in [9.17, 15) is 18.0 Å². The number of amides is 1. The van der Waals surface area contributed by atoms with Crippen LogP contribution in [0.2, 0.25) is 0 Å². The first-order valence-electron chi connectivity index (χ1n) is 7.85. The van der Waals surface area contributed by atoms with Gasteiger partial charge in [0, 0.05) is 36.8 Å². The van der Waals surface area contributed by atoms with E-state index in [4.69, 9.17) is 0 Å². The first-order chi connectivity index (χ1) is 11.8. The molecule has 1 N–H and O–H groups in total. The van der Waals surface area contributed by atoms with E-state index >= 15 is 0 Å². The minimum Gasteiger partial charge on any atom is -0.347 e. The largest absolute Gasteiger partial charge is 0.401 e. The van der Waals surface area contributed by atoms with E-state index < -0.39 is 12.7 Å². The van der Waals surface area contributed by atoms with Gasteiger partial charge in [0.1, 0.15) is 10.7 Å². The molecule has 0 spiro atoms. The lowest BCUT2D eigenvalue weighted by molar-refractivity contribution is -0.148. The topological polar surface area (TPSA) is 63.1 Å². The molecule has 0 aromatic carbocycles. The van der Waals surface area contributed by atoms with Gasteiger partial charge in [-0.3, -0.25) is 14.4 Å². The normalized spacial score (nSPS) is 19.1. The number of carbonyl (C=O) groups is 1. The number of piperidine rings is 1. The van der Waals surface area contributed by atoms with Gasteiger partial charge < -0.3 is 5.32 Å². The first kappa shape index (κ1) is 17.9. The van der Waals surface area contributed by atoms with Gasteiger partial charge in [0.25, 0.3) is 5.91 Å². The molecule has 1 amide bonds. The second-order valence-corrected chi connectivity index (χ2v) is 6.96. The zero-order valence-electron chi connectivity index (χ0n) is 13.6. The molecule has 0 bridgehead atoms. The summed E-state index contributed by atoms with van der Waals surface area (Å²) in [6.45, 7) is -0.347. The minimum atomic E-state index is -4.22. The molecule has 1 unspecified atom stereocenters. The summed E-state index contributed by atoms with van der Waals surface area (Å²) in [5.41, 5.74) is 1.09. The van der Waals surface area contributed by atoms with Crippen molar-refractivity contribution in [2.24, 2.45) is 7.05 Å². The number of likely N-dealkylation sites (tertiary alicyclic amines) is 1. The number of aromatic nitrogens is 3. The van der Waals surface area contributed by atoms with E-state index in [1.807, 2.05) is 0 Å². The number of rotatable bonds is 4. The molecule has 1 fully saturated rings. The number of hydrogen-bond donors (Lipinski definition) is 1. The molecule has 1 aliphatic heterocycles. The van der Waals surface area contributed by atoms with Gasteiger partial charge in [-0.2, -0.15) is 18.3 Å². The van der Waals surface area contributed by atoms with Crippen LogP contribution in [0.15, 0.2) is 17.8 Å². The second-order valence-electron chi connectivity index (χ2n) is 6.10. The van der Waals surface area contributed by atoms with E-state index in [1.165, 1.54) is 16.2 Å². The van der Waals surface area contributed by atoms with Crippen LogP contribution < -0.4 is 5.32 Å². The Labute approximate surface area is 146 Å². The van der Waals surface area contributed by atoms with Crippen LogP contribution in [0.1, 0.15) is 23.3 Å². The molecule has 1 atom stereocenters. The molecule has 6 nitrogen and oxygen atoms in total. The summed E-state index contributed by atoms with van der Waals surface area (Å²) in [6, 6.07) is -0.299. The van der Waals surface area contributed by atoms with Crippen molar-refractivity contribution >= 4 is 17.2 Å². The zero-order valence-corrected chi connectivity index (χ0v) is 14.4. The molecule has 136 valence electrons. The Morgan fingerprint density at radius 2 is 2.28 bits per heavy atom.